The topological polar surface area (TPSA) is 59.9 Å². The van der Waals surface area contributed by atoms with Gasteiger partial charge in [0.25, 0.3) is 0 Å². The van der Waals surface area contributed by atoms with Crippen molar-refractivity contribution in [3.05, 3.63) is 46.8 Å². The molecule has 0 atom stereocenters. The van der Waals surface area contributed by atoms with Gasteiger partial charge in [0.05, 0.1) is 18.0 Å². The Morgan fingerprint density at radius 3 is 2.52 bits per heavy atom. The molecule has 21 heavy (non-hydrogen) atoms. The highest BCUT2D eigenvalue weighted by molar-refractivity contribution is 5.30. The lowest BCUT2D eigenvalue weighted by atomic mass is 10.1. The molecule has 1 N–H and O–H groups in total. The van der Waals surface area contributed by atoms with E-state index in [1.807, 2.05) is 6.07 Å². The van der Waals surface area contributed by atoms with Crippen LogP contribution in [-0.4, -0.2) is 22.3 Å². The van der Waals surface area contributed by atoms with Crippen molar-refractivity contribution in [2.75, 3.05) is 12.4 Å². The number of anilines is 1. The molecule has 0 spiro atoms. The van der Waals surface area contributed by atoms with Gasteiger partial charge in [-0.2, -0.15) is 5.10 Å². The van der Waals surface area contributed by atoms with Gasteiger partial charge in [-0.15, -0.1) is 5.10 Å². The molecule has 112 valence electrons. The Morgan fingerprint density at radius 2 is 1.81 bits per heavy atom. The minimum absolute atomic E-state index is 0.584. The number of aromatic nitrogens is 3. The van der Waals surface area contributed by atoms with Crippen molar-refractivity contribution in [3.8, 4) is 0 Å². The lowest BCUT2D eigenvalue weighted by Gasteiger charge is -2.09. The molecule has 2 rings (SSSR count). The number of rotatable bonds is 7. The normalized spacial score (nSPS) is 10.6. The maximum absolute atomic E-state index is 5.15. The third kappa shape index (κ3) is 4.23. The van der Waals surface area contributed by atoms with E-state index in [0.717, 1.165) is 29.8 Å². The molecule has 0 saturated carbocycles. The van der Waals surface area contributed by atoms with Crippen molar-refractivity contribution in [3.63, 3.8) is 0 Å². The molecule has 0 bridgehead atoms. The largest absolute Gasteiger partial charge is 0.380 e. The van der Waals surface area contributed by atoms with Crippen LogP contribution in [0.25, 0.3) is 0 Å². The predicted molar refractivity (Wildman–Crippen MR) is 83.1 cm³/mol. The number of benzene rings is 1. The molecule has 5 nitrogen and oxygen atoms in total. The van der Waals surface area contributed by atoms with Gasteiger partial charge in [-0.05, 0) is 24.0 Å². The lowest BCUT2D eigenvalue weighted by Crippen LogP contribution is -2.09. The van der Waals surface area contributed by atoms with Crippen LogP contribution >= 0.6 is 0 Å². The summed E-state index contributed by atoms with van der Waals surface area (Å²) in [5.74, 6) is 0.584. The molecule has 1 aromatic heterocycles. The second-order valence-corrected chi connectivity index (χ2v) is 4.84. The molecule has 0 unspecified atom stereocenters. The molecule has 5 heteroatoms. The summed E-state index contributed by atoms with van der Waals surface area (Å²) < 4.78 is 5.15. The Hall–Kier alpha value is -2.01. The minimum Gasteiger partial charge on any atom is -0.380 e. The molecule has 0 aliphatic rings. The molecule has 0 fully saturated rings. The number of hydrogen-bond acceptors (Lipinski definition) is 5. The van der Waals surface area contributed by atoms with Crippen LogP contribution in [0.1, 0.15) is 36.4 Å². The maximum atomic E-state index is 5.15. The summed E-state index contributed by atoms with van der Waals surface area (Å²) in [6, 6.07) is 8.27. The van der Waals surface area contributed by atoms with Gasteiger partial charge >= 0.3 is 0 Å². The van der Waals surface area contributed by atoms with Crippen LogP contribution < -0.4 is 5.32 Å². The van der Waals surface area contributed by atoms with Gasteiger partial charge < -0.3 is 10.1 Å². The third-order valence-corrected chi connectivity index (χ3v) is 3.26. The summed E-state index contributed by atoms with van der Waals surface area (Å²) in [5, 5.41) is 11.6. The van der Waals surface area contributed by atoms with Crippen molar-refractivity contribution in [1.82, 2.24) is 15.2 Å². The number of hydrogen-bond donors (Lipinski definition) is 1. The summed E-state index contributed by atoms with van der Waals surface area (Å²) >= 11 is 0. The fourth-order valence-corrected chi connectivity index (χ4v) is 2.19. The van der Waals surface area contributed by atoms with E-state index in [0.29, 0.717) is 19.1 Å². The Morgan fingerprint density at radius 1 is 1.05 bits per heavy atom. The van der Waals surface area contributed by atoms with E-state index in [2.05, 4.69) is 52.5 Å². The van der Waals surface area contributed by atoms with E-state index < -0.39 is 0 Å². The molecule has 2 aromatic rings. The minimum atomic E-state index is 0.584. The zero-order valence-electron chi connectivity index (χ0n) is 12.9. The van der Waals surface area contributed by atoms with Crippen molar-refractivity contribution >= 4 is 5.95 Å². The fourth-order valence-electron chi connectivity index (χ4n) is 2.19. The number of nitrogens with one attached hydrogen (secondary N) is 1. The van der Waals surface area contributed by atoms with E-state index in [9.17, 15) is 0 Å². The maximum Gasteiger partial charge on any atom is 0.243 e. The number of ether oxygens (including phenoxy) is 1. The van der Waals surface area contributed by atoms with E-state index in [1.165, 1.54) is 5.56 Å². The summed E-state index contributed by atoms with van der Waals surface area (Å²) in [5.41, 5.74) is 4.32. The molecule has 0 saturated heterocycles. The summed E-state index contributed by atoms with van der Waals surface area (Å²) in [4.78, 5) is 4.53. The number of nitrogens with zero attached hydrogens (tertiary/aromatic N) is 3. The molecule has 0 radical (unpaired) electrons. The van der Waals surface area contributed by atoms with Gasteiger partial charge in [0.1, 0.15) is 0 Å². The highest BCUT2D eigenvalue weighted by atomic mass is 16.5. The summed E-state index contributed by atoms with van der Waals surface area (Å²) in [6.07, 6.45) is 1.74. The predicted octanol–water partition coefficient (Wildman–Crippen LogP) is 2.75. The molecular formula is C16H22N4O. The first kappa shape index (κ1) is 15.4. The van der Waals surface area contributed by atoms with Crippen LogP contribution in [0.5, 0.6) is 0 Å². The molecule has 1 heterocycles. The SMILES string of the molecule is CCc1nnc(NCc2cccc(COC)c2)nc1CC. The summed E-state index contributed by atoms with van der Waals surface area (Å²) in [6.45, 7) is 5.45. The quantitative estimate of drug-likeness (QED) is 0.848. The Labute approximate surface area is 125 Å². The van der Waals surface area contributed by atoms with Crippen molar-refractivity contribution in [1.29, 1.82) is 0 Å². The van der Waals surface area contributed by atoms with E-state index in [-0.39, 0.29) is 0 Å². The van der Waals surface area contributed by atoms with E-state index in [4.69, 9.17) is 4.74 Å². The van der Waals surface area contributed by atoms with Gasteiger partial charge in [-0.1, -0.05) is 38.1 Å². The van der Waals surface area contributed by atoms with Crippen LogP contribution in [0.2, 0.25) is 0 Å². The van der Waals surface area contributed by atoms with Crippen molar-refractivity contribution < 1.29 is 4.74 Å². The van der Waals surface area contributed by atoms with Gasteiger partial charge in [-0.3, -0.25) is 0 Å². The van der Waals surface area contributed by atoms with Crippen molar-refractivity contribution in [2.45, 2.75) is 39.8 Å². The monoisotopic (exact) mass is 286 g/mol. The zero-order chi connectivity index (χ0) is 15.1. The summed E-state index contributed by atoms with van der Waals surface area (Å²) in [7, 11) is 1.70. The second kappa shape index (κ2) is 7.69. The van der Waals surface area contributed by atoms with E-state index >= 15 is 0 Å². The zero-order valence-corrected chi connectivity index (χ0v) is 12.9. The first-order valence-electron chi connectivity index (χ1n) is 7.29. The highest BCUT2D eigenvalue weighted by Gasteiger charge is 2.06. The Balaban J connectivity index is 2.04. The van der Waals surface area contributed by atoms with E-state index in [1.54, 1.807) is 7.11 Å². The van der Waals surface area contributed by atoms with Crippen LogP contribution in [0, 0.1) is 0 Å². The molecule has 0 aliphatic carbocycles. The highest BCUT2D eigenvalue weighted by Crippen LogP contribution is 2.10. The average molecular weight is 286 g/mol. The van der Waals surface area contributed by atoms with Crippen LogP contribution in [0.3, 0.4) is 0 Å². The molecule has 0 amide bonds. The second-order valence-electron chi connectivity index (χ2n) is 4.84. The molecule has 0 aliphatic heterocycles. The van der Waals surface area contributed by atoms with Gasteiger partial charge in [0.15, 0.2) is 0 Å². The van der Waals surface area contributed by atoms with Gasteiger partial charge in [0, 0.05) is 13.7 Å². The number of aryl methyl sites for hydroxylation is 2. The first-order chi connectivity index (χ1) is 10.3. The first-order valence-corrected chi connectivity index (χ1v) is 7.29. The lowest BCUT2D eigenvalue weighted by molar-refractivity contribution is 0.185. The third-order valence-electron chi connectivity index (χ3n) is 3.26. The van der Waals surface area contributed by atoms with Gasteiger partial charge in [0.2, 0.25) is 5.95 Å². The molecule has 1 aromatic carbocycles. The standard InChI is InChI=1S/C16H22N4O/c1-4-14-15(5-2)19-20-16(18-14)17-10-12-7-6-8-13(9-12)11-21-3/h6-9H,4-5,10-11H2,1-3H3,(H,17,18,20). The van der Waals surface area contributed by atoms with Crippen molar-refractivity contribution in [2.24, 2.45) is 0 Å². The molecular weight excluding hydrogens is 264 g/mol. The van der Waals surface area contributed by atoms with Crippen LogP contribution in [0.4, 0.5) is 5.95 Å². The number of methoxy groups -OCH3 is 1. The fraction of sp³-hybridized carbons (Fsp3) is 0.438. The van der Waals surface area contributed by atoms with Crippen LogP contribution in [0.15, 0.2) is 24.3 Å². The Bertz CT molecular complexity index is 586. The smallest absolute Gasteiger partial charge is 0.243 e. The average Bonchev–Trinajstić information content (AvgIpc) is 2.53. The van der Waals surface area contributed by atoms with Crippen LogP contribution in [-0.2, 0) is 30.7 Å². The Kier molecular flexibility index (Phi) is 5.63. The van der Waals surface area contributed by atoms with Gasteiger partial charge in [-0.25, -0.2) is 4.98 Å².